The quantitative estimate of drug-likeness (QED) is 0.730. The van der Waals surface area contributed by atoms with Crippen molar-refractivity contribution in [1.82, 2.24) is 14.3 Å². The van der Waals surface area contributed by atoms with Gasteiger partial charge in [0.15, 0.2) is 0 Å². The summed E-state index contributed by atoms with van der Waals surface area (Å²) in [6.07, 6.45) is 0. The number of hydrogen-bond donors (Lipinski definition) is 1. The van der Waals surface area contributed by atoms with Gasteiger partial charge in [-0.15, -0.1) is 0 Å². The zero-order chi connectivity index (χ0) is 22.7. The van der Waals surface area contributed by atoms with Gasteiger partial charge < -0.3 is 15.4 Å². The van der Waals surface area contributed by atoms with Crippen LogP contribution in [-0.2, 0) is 15.6 Å². The van der Waals surface area contributed by atoms with Gasteiger partial charge in [-0.05, 0) is 13.0 Å². The molecular weight excluding hydrogens is 437 g/mol. The van der Waals surface area contributed by atoms with Crippen LogP contribution in [0, 0.1) is 24.4 Å². The maximum atomic E-state index is 14.8. The largest absolute Gasteiger partial charge is 0.479 e. The summed E-state index contributed by atoms with van der Waals surface area (Å²) in [6.45, 7) is 1.03. The number of aromatic nitrogens is 2. The van der Waals surface area contributed by atoms with Gasteiger partial charge in [0.2, 0.25) is 27.7 Å². The molecule has 0 radical (unpaired) electrons. The Morgan fingerprint density at radius 1 is 1.26 bits per heavy atom. The molecule has 4 rings (SSSR count). The summed E-state index contributed by atoms with van der Waals surface area (Å²) in [5.74, 6) is -3.20. The Morgan fingerprint density at radius 2 is 1.97 bits per heavy atom. The molecule has 2 aliphatic rings. The molecule has 2 atom stereocenters. The number of sulfonamides is 1. The van der Waals surface area contributed by atoms with E-state index in [-0.39, 0.29) is 42.1 Å². The Morgan fingerprint density at radius 3 is 2.61 bits per heavy atom. The molecule has 1 aromatic carbocycles. The Hall–Kier alpha value is -3.09. The molecule has 31 heavy (non-hydrogen) atoms. The monoisotopic (exact) mass is 456 g/mol. The average Bonchev–Trinajstić information content (AvgIpc) is 3.09. The van der Waals surface area contributed by atoms with Gasteiger partial charge in [0.05, 0.1) is 19.3 Å². The van der Waals surface area contributed by atoms with E-state index in [9.17, 15) is 21.6 Å². The second-order valence-corrected chi connectivity index (χ2v) is 9.48. The van der Waals surface area contributed by atoms with Crippen LogP contribution >= 0.6 is 0 Å². The average molecular weight is 456 g/mol. The maximum absolute atomic E-state index is 14.8. The first kappa shape index (κ1) is 21.2. The number of guanidine groups is 1. The second kappa shape index (κ2) is 6.97. The van der Waals surface area contributed by atoms with E-state index in [1.807, 2.05) is 0 Å². The smallest absolute Gasteiger partial charge is 0.255 e. The molecule has 0 spiro atoms. The fourth-order valence-electron chi connectivity index (χ4n) is 3.96. The Kier molecular flexibility index (Phi) is 4.76. The van der Waals surface area contributed by atoms with Gasteiger partial charge >= 0.3 is 0 Å². The van der Waals surface area contributed by atoms with Crippen molar-refractivity contribution in [3.63, 3.8) is 0 Å². The molecule has 0 saturated carbocycles. The highest BCUT2D eigenvalue weighted by Crippen LogP contribution is 2.45. The highest BCUT2D eigenvalue weighted by atomic mass is 32.2. The summed E-state index contributed by atoms with van der Waals surface area (Å²) in [5, 5.41) is -1.28. The molecule has 9 nitrogen and oxygen atoms in total. The zero-order valence-electron chi connectivity index (χ0n) is 16.8. The highest BCUT2D eigenvalue weighted by Gasteiger charge is 2.60. The predicted octanol–water partition coefficient (Wildman–Crippen LogP) is 0.885. The minimum atomic E-state index is -4.08. The van der Waals surface area contributed by atoms with Crippen LogP contribution in [-0.4, -0.2) is 61.1 Å². The summed E-state index contributed by atoms with van der Waals surface area (Å²) in [5.41, 5.74) is 4.03. The predicted molar refractivity (Wildman–Crippen MR) is 106 cm³/mol. The molecule has 1 fully saturated rings. The molecule has 13 heteroatoms. The lowest BCUT2D eigenvalue weighted by molar-refractivity contribution is 0.365. The molecule has 2 N–H and O–H groups in total. The third kappa shape index (κ3) is 3.06. The Balaban J connectivity index is 1.92. The van der Waals surface area contributed by atoms with Gasteiger partial charge in [0.1, 0.15) is 22.4 Å². The Labute approximate surface area is 176 Å². The van der Waals surface area contributed by atoms with Crippen molar-refractivity contribution < 1.29 is 26.3 Å². The number of fused-ring (bicyclic) bond motifs is 1. The van der Waals surface area contributed by atoms with Crippen molar-refractivity contribution in [3.05, 3.63) is 46.9 Å². The van der Waals surface area contributed by atoms with Crippen LogP contribution in [0.2, 0.25) is 0 Å². The van der Waals surface area contributed by atoms with Gasteiger partial charge in [-0.2, -0.15) is 9.37 Å². The van der Waals surface area contributed by atoms with E-state index >= 15 is 0 Å². The van der Waals surface area contributed by atoms with Crippen LogP contribution in [0.15, 0.2) is 23.2 Å². The van der Waals surface area contributed by atoms with Crippen molar-refractivity contribution in [3.8, 4) is 5.88 Å². The van der Waals surface area contributed by atoms with Gasteiger partial charge in [-0.25, -0.2) is 31.5 Å². The topological polar surface area (TPSA) is 114 Å². The normalized spacial score (nSPS) is 24.7. The van der Waals surface area contributed by atoms with Crippen LogP contribution in [0.5, 0.6) is 5.88 Å². The van der Waals surface area contributed by atoms with Crippen molar-refractivity contribution in [2.45, 2.75) is 17.7 Å². The molecule has 0 aliphatic carbocycles. The first-order chi connectivity index (χ1) is 14.5. The molecular formula is C18H19F3N6O3S. The van der Waals surface area contributed by atoms with Gasteiger partial charge in [0, 0.05) is 25.2 Å². The van der Waals surface area contributed by atoms with E-state index < -0.39 is 38.3 Å². The third-order valence-electron chi connectivity index (χ3n) is 5.58. The number of aliphatic imine (C=N–C) groups is 1. The summed E-state index contributed by atoms with van der Waals surface area (Å²) in [4.78, 5) is 13.9. The van der Waals surface area contributed by atoms with Crippen molar-refractivity contribution in [2.75, 3.05) is 32.1 Å². The summed E-state index contributed by atoms with van der Waals surface area (Å²) in [6, 6.07) is 2.82. The van der Waals surface area contributed by atoms with Crippen molar-refractivity contribution in [1.29, 1.82) is 0 Å². The minimum absolute atomic E-state index is 0.0123. The number of ether oxygens (including phenoxy) is 1. The van der Waals surface area contributed by atoms with Crippen LogP contribution in [0.3, 0.4) is 0 Å². The lowest BCUT2D eigenvalue weighted by Crippen LogP contribution is -2.57. The van der Waals surface area contributed by atoms with E-state index in [0.29, 0.717) is 6.07 Å². The van der Waals surface area contributed by atoms with Crippen LogP contribution in [0.1, 0.15) is 11.3 Å². The number of methoxy groups -OCH3 is 1. The Bertz CT molecular complexity index is 1210. The maximum Gasteiger partial charge on any atom is 0.255 e. The number of benzene rings is 1. The van der Waals surface area contributed by atoms with Crippen molar-refractivity contribution in [2.24, 2.45) is 10.7 Å². The molecule has 0 bridgehead atoms. The van der Waals surface area contributed by atoms with E-state index in [1.54, 1.807) is 0 Å². The lowest BCUT2D eigenvalue weighted by atomic mass is 9.88. The minimum Gasteiger partial charge on any atom is -0.479 e. The third-order valence-corrected chi connectivity index (χ3v) is 7.79. The molecule has 166 valence electrons. The van der Waals surface area contributed by atoms with Crippen LogP contribution in [0.25, 0.3) is 0 Å². The van der Waals surface area contributed by atoms with Gasteiger partial charge in [0.25, 0.3) is 5.88 Å². The fourth-order valence-corrected chi connectivity index (χ4v) is 5.76. The number of aryl methyl sites for hydroxylation is 1. The van der Waals surface area contributed by atoms with Crippen LogP contribution < -0.4 is 15.4 Å². The molecule has 0 amide bonds. The molecule has 1 aromatic heterocycles. The summed E-state index contributed by atoms with van der Waals surface area (Å²) < 4.78 is 74.7. The summed E-state index contributed by atoms with van der Waals surface area (Å²) >= 11 is 0. The first-order valence-corrected chi connectivity index (χ1v) is 10.6. The number of nitrogens with two attached hydrogens (primary N) is 1. The SMILES string of the molecule is COc1nc(N2CC3C(c4ccc(F)cc4F)(C2)N=C(N)N(C)S3(=O)=O)nc(C)c1F. The number of nitrogens with zero attached hydrogens (tertiary/aromatic N) is 5. The van der Waals surface area contributed by atoms with E-state index in [4.69, 9.17) is 10.5 Å². The number of anilines is 1. The van der Waals surface area contributed by atoms with Gasteiger partial charge in [-0.1, -0.05) is 6.07 Å². The summed E-state index contributed by atoms with van der Waals surface area (Å²) in [7, 11) is -1.61. The lowest BCUT2D eigenvalue weighted by Gasteiger charge is -2.38. The first-order valence-electron chi connectivity index (χ1n) is 9.13. The molecule has 1 saturated heterocycles. The highest BCUT2D eigenvalue weighted by molar-refractivity contribution is 7.90. The standard InChI is InChI=1S/C18H19F3N6O3S/c1-9-14(21)15(30-3)24-17(23-9)27-7-13-18(8-27,11-5-4-10(19)6-12(11)20)25-16(22)26(2)31(13,28)29/h4-6,13H,7-8H2,1-3H3,(H2,22,25). The molecule has 2 unspecified atom stereocenters. The number of halogens is 3. The second-order valence-electron chi connectivity index (χ2n) is 7.33. The van der Waals surface area contributed by atoms with E-state index in [0.717, 1.165) is 16.4 Å². The number of hydrogen-bond acceptors (Lipinski definition) is 8. The van der Waals surface area contributed by atoms with Crippen molar-refractivity contribution >= 4 is 21.9 Å². The van der Waals surface area contributed by atoms with Crippen LogP contribution in [0.4, 0.5) is 19.1 Å². The molecule has 2 aliphatic heterocycles. The van der Waals surface area contributed by atoms with E-state index in [2.05, 4.69) is 15.0 Å². The number of rotatable bonds is 3. The zero-order valence-corrected chi connectivity index (χ0v) is 17.6. The molecule has 3 heterocycles. The van der Waals surface area contributed by atoms with E-state index in [1.165, 1.54) is 26.0 Å². The fraction of sp³-hybridized carbons (Fsp3) is 0.389. The van der Waals surface area contributed by atoms with Gasteiger partial charge in [-0.3, -0.25) is 0 Å². The molecule has 2 aromatic rings.